The number of aromatic amines is 1. The van der Waals surface area contributed by atoms with Gasteiger partial charge in [-0.1, -0.05) is 23.7 Å². The molecule has 0 aliphatic heterocycles. The summed E-state index contributed by atoms with van der Waals surface area (Å²) in [5, 5.41) is 40.6. The van der Waals surface area contributed by atoms with Crippen molar-refractivity contribution in [3.63, 3.8) is 0 Å². The number of fused-ring (bicyclic) bond motifs is 1. The van der Waals surface area contributed by atoms with Crippen molar-refractivity contribution in [3.05, 3.63) is 47.5 Å². The summed E-state index contributed by atoms with van der Waals surface area (Å²) in [6, 6.07) is 6.89. The molecular weight excluding hydrogens is 384 g/mol. The molecule has 1 aliphatic carbocycles. The van der Waals surface area contributed by atoms with E-state index in [1.165, 1.54) is 12.7 Å². The number of hydrogen-bond acceptors (Lipinski definition) is 8. The average molecular weight is 403 g/mol. The van der Waals surface area contributed by atoms with Crippen molar-refractivity contribution in [2.45, 2.75) is 31.2 Å². The zero-order valence-corrected chi connectivity index (χ0v) is 15.5. The molecule has 0 radical (unpaired) electrons. The molecule has 4 unspecified atom stereocenters. The number of rotatable bonds is 3. The first kappa shape index (κ1) is 20.0. The summed E-state index contributed by atoms with van der Waals surface area (Å²) in [4.78, 5) is 14.5. The predicted octanol–water partition coefficient (Wildman–Crippen LogP) is 1.75. The number of aliphatic hydroxyl groups is 3. The SMILES string of the molecule is N#CNc1ncnc2nc[nH]c12.OC1CCC(C(O)c2ccc(Cl)cc2)C1O. The van der Waals surface area contributed by atoms with Crippen LogP contribution in [0.3, 0.4) is 0 Å². The van der Waals surface area contributed by atoms with Gasteiger partial charge in [-0.15, -0.1) is 0 Å². The average Bonchev–Trinajstić information content (AvgIpc) is 3.31. The highest BCUT2D eigenvalue weighted by atomic mass is 35.5. The van der Waals surface area contributed by atoms with Crippen molar-refractivity contribution >= 4 is 28.6 Å². The van der Waals surface area contributed by atoms with Crippen LogP contribution in [0, 0.1) is 17.4 Å². The minimum absolute atomic E-state index is 0.295. The summed E-state index contributed by atoms with van der Waals surface area (Å²) in [6.07, 6.45) is 3.50. The maximum absolute atomic E-state index is 10.1. The summed E-state index contributed by atoms with van der Waals surface area (Å²) in [5.41, 5.74) is 1.91. The van der Waals surface area contributed by atoms with Crippen LogP contribution in [0.15, 0.2) is 36.9 Å². The van der Waals surface area contributed by atoms with E-state index < -0.39 is 18.3 Å². The maximum atomic E-state index is 10.1. The first-order chi connectivity index (χ1) is 13.5. The van der Waals surface area contributed by atoms with E-state index in [0.717, 1.165) is 5.56 Å². The van der Waals surface area contributed by atoms with Crippen molar-refractivity contribution in [1.29, 1.82) is 5.26 Å². The molecule has 4 atom stereocenters. The molecule has 0 amide bonds. The Morgan fingerprint density at radius 3 is 2.57 bits per heavy atom. The van der Waals surface area contributed by atoms with Crippen molar-refractivity contribution < 1.29 is 15.3 Å². The largest absolute Gasteiger partial charge is 0.390 e. The molecule has 0 spiro atoms. The number of nitriles is 1. The molecule has 146 valence electrons. The van der Waals surface area contributed by atoms with Gasteiger partial charge in [-0.2, -0.15) is 5.26 Å². The Morgan fingerprint density at radius 1 is 1.18 bits per heavy atom. The second-order valence-electron chi connectivity index (χ2n) is 6.36. The summed E-state index contributed by atoms with van der Waals surface area (Å²) in [6.45, 7) is 0. The fourth-order valence-electron chi connectivity index (χ4n) is 3.15. The van der Waals surface area contributed by atoms with Crippen LogP contribution < -0.4 is 5.32 Å². The molecular formula is C18H19ClN6O3. The molecule has 1 aromatic carbocycles. The zero-order chi connectivity index (χ0) is 20.1. The summed E-state index contributed by atoms with van der Waals surface area (Å²) in [5.74, 6) is 0.149. The number of H-pyrrole nitrogens is 1. The molecule has 28 heavy (non-hydrogen) atoms. The molecule has 1 fully saturated rings. The fraction of sp³-hybridized carbons (Fsp3) is 0.333. The summed E-state index contributed by atoms with van der Waals surface area (Å²) in [7, 11) is 0. The lowest BCUT2D eigenvalue weighted by atomic mass is 9.92. The number of hydrogen-bond donors (Lipinski definition) is 5. The van der Waals surface area contributed by atoms with E-state index >= 15 is 0 Å². The van der Waals surface area contributed by atoms with Crippen LogP contribution in [0.2, 0.25) is 5.02 Å². The lowest BCUT2D eigenvalue weighted by molar-refractivity contribution is -0.0210. The van der Waals surface area contributed by atoms with E-state index in [-0.39, 0.29) is 5.92 Å². The smallest absolute Gasteiger partial charge is 0.182 e. The minimum atomic E-state index is -0.842. The highest BCUT2D eigenvalue weighted by molar-refractivity contribution is 6.30. The molecule has 0 saturated heterocycles. The number of nitrogens with one attached hydrogen (secondary N) is 2. The molecule has 1 saturated carbocycles. The topological polar surface area (TPSA) is 151 Å². The highest BCUT2D eigenvalue weighted by Crippen LogP contribution is 2.36. The molecule has 9 nitrogen and oxygen atoms in total. The lowest BCUT2D eigenvalue weighted by Crippen LogP contribution is -2.28. The standard InChI is InChI=1S/C12H15ClO3.C6H4N6/c13-8-3-1-7(2-4-8)11(15)9-5-6-10(14)12(9)16;7-1-8-5-4-6(10-2-9-4)12-3-11-5/h1-4,9-12,14-16H,5-6H2;2-3H,(H2,8,9,10,11,12). The Morgan fingerprint density at radius 2 is 1.93 bits per heavy atom. The van der Waals surface area contributed by atoms with Gasteiger partial charge in [0.05, 0.1) is 24.6 Å². The van der Waals surface area contributed by atoms with Gasteiger partial charge >= 0.3 is 0 Å². The second-order valence-corrected chi connectivity index (χ2v) is 6.79. The Bertz CT molecular complexity index is 958. The van der Waals surface area contributed by atoms with Gasteiger partial charge < -0.3 is 20.3 Å². The van der Waals surface area contributed by atoms with E-state index in [2.05, 4.69) is 25.3 Å². The molecule has 3 aromatic rings. The first-order valence-corrected chi connectivity index (χ1v) is 8.98. The van der Waals surface area contributed by atoms with Crippen molar-refractivity contribution in [2.24, 2.45) is 5.92 Å². The van der Waals surface area contributed by atoms with Gasteiger partial charge in [0.1, 0.15) is 11.8 Å². The molecule has 5 N–H and O–H groups in total. The van der Waals surface area contributed by atoms with Gasteiger partial charge in [-0.3, -0.25) is 5.32 Å². The van der Waals surface area contributed by atoms with Crippen LogP contribution in [0.1, 0.15) is 24.5 Å². The Hall–Kier alpha value is -2.77. The third-order valence-electron chi connectivity index (χ3n) is 4.64. The molecule has 4 rings (SSSR count). The van der Waals surface area contributed by atoms with Crippen molar-refractivity contribution in [1.82, 2.24) is 19.9 Å². The number of nitrogens with zero attached hydrogens (tertiary/aromatic N) is 4. The predicted molar refractivity (Wildman–Crippen MR) is 102 cm³/mol. The van der Waals surface area contributed by atoms with Crippen LogP contribution in [0.25, 0.3) is 11.2 Å². The van der Waals surface area contributed by atoms with E-state index in [4.69, 9.17) is 16.9 Å². The van der Waals surface area contributed by atoms with E-state index in [0.29, 0.717) is 34.8 Å². The van der Waals surface area contributed by atoms with Crippen LogP contribution in [0.4, 0.5) is 5.82 Å². The molecule has 2 heterocycles. The lowest BCUT2D eigenvalue weighted by Gasteiger charge is -2.22. The minimum Gasteiger partial charge on any atom is -0.390 e. The van der Waals surface area contributed by atoms with E-state index in [9.17, 15) is 15.3 Å². The van der Waals surface area contributed by atoms with Crippen LogP contribution in [-0.2, 0) is 0 Å². The summed E-state index contributed by atoms with van der Waals surface area (Å²) >= 11 is 5.76. The molecule has 10 heteroatoms. The number of imidazole rings is 1. The van der Waals surface area contributed by atoms with Gasteiger partial charge in [0, 0.05) is 10.9 Å². The monoisotopic (exact) mass is 402 g/mol. The Kier molecular flexibility index (Phi) is 6.38. The molecule has 2 aromatic heterocycles. The summed E-state index contributed by atoms with van der Waals surface area (Å²) < 4.78 is 0. The second kappa shape index (κ2) is 8.95. The fourth-order valence-corrected chi connectivity index (χ4v) is 3.28. The molecule has 0 bridgehead atoms. The first-order valence-electron chi connectivity index (χ1n) is 8.60. The van der Waals surface area contributed by atoms with Crippen LogP contribution in [-0.4, -0.2) is 47.5 Å². The van der Waals surface area contributed by atoms with Gasteiger partial charge in [-0.05, 0) is 30.5 Å². The number of aromatic nitrogens is 4. The van der Waals surface area contributed by atoms with E-state index in [1.807, 2.05) is 0 Å². The quantitative estimate of drug-likeness (QED) is 0.328. The van der Waals surface area contributed by atoms with Crippen molar-refractivity contribution in [2.75, 3.05) is 5.32 Å². The zero-order valence-electron chi connectivity index (χ0n) is 14.7. The Labute approximate surface area is 165 Å². The van der Waals surface area contributed by atoms with Gasteiger partial charge in [0.2, 0.25) is 0 Å². The third-order valence-corrected chi connectivity index (χ3v) is 4.90. The van der Waals surface area contributed by atoms with Crippen LogP contribution >= 0.6 is 11.6 Å². The maximum Gasteiger partial charge on any atom is 0.182 e. The molecule has 1 aliphatic rings. The third kappa shape index (κ3) is 4.37. The normalized spacial score (nSPS) is 22.2. The van der Waals surface area contributed by atoms with Crippen LogP contribution in [0.5, 0.6) is 0 Å². The Balaban J connectivity index is 0.000000167. The number of anilines is 1. The number of aliphatic hydroxyl groups excluding tert-OH is 3. The number of halogens is 1. The van der Waals surface area contributed by atoms with Gasteiger partial charge in [0.25, 0.3) is 0 Å². The number of benzene rings is 1. The van der Waals surface area contributed by atoms with E-state index in [1.54, 1.807) is 30.5 Å². The van der Waals surface area contributed by atoms with Gasteiger partial charge in [-0.25, -0.2) is 15.0 Å². The van der Waals surface area contributed by atoms with Gasteiger partial charge in [0.15, 0.2) is 17.7 Å². The highest BCUT2D eigenvalue weighted by Gasteiger charge is 2.38. The van der Waals surface area contributed by atoms with Crippen molar-refractivity contribution in [3.8, 4) is 6.19 Å².